The second-order valence-corrected chi connectivity index (χ2v) is 5.07. The quantitative estimate of drug-likeness (QED) is 0.783. The van der Waals surface area contributed by atoms with Crippen molar-refractivity contribution in [3.63, 3.8) is 0 Å². The number of amides is 1. The number of carbonyl (C=O) groups is 1. The van der Waals surface area contributed by atoms with Crippen molar-refractivity contribution in [3.05, 3.63) is 41.7 Å². The summed E-state index contributed by atoms with van der Waals surface area (Å²) in [6.45, 7) is 0.903. The molecule has 0 saturated heterocycles. The van der Waals surface area contributed by atoms with Crippen LogP contribution < -0.4 is 10.6 Å². The summed E-state index contributed by atoms with van der Waals surface area (Å²) in [5.74, 6) is -0.313. The lowest BCUT2D eigenvalue weighted by atomic mass is 9.97. The van der Waals surface area contributed by atoms with Crippen LogP contribution in [0.2, 0.25) is 0 Å². The molecule has 0 fully saturated rings. The molecular weight excluding hydrogens is 255 g/mol. The minimum atomic E-state index is -0.277. The first-order valence-electron chi connectivity index (χ1n) is 7.18. The van der Waals surface area contributed by atoms with Crippen LogP contribution in [-0.4, -0.2) is 19.0 Å². The van der Waals surface area contributed by atoms with Crippen molar-refractivity contribution in [3.8, 4) is 0 Å². The largest absolute Gasteiger partial charge is 0.376 e. The average molecular weight is 276 g/mol. The lowest BCUT2D eigenvalue weighted by Gasteiger charge is -2.13. The lowest BCUT2D eigenvalue weighted by molar-refractivity contribution is -0.119. The highest BCUT2D eigenvalue weighted by atomic mass is 19.1. The second-order valence-electron chi connectivity index (χ2n) is 5.07. The second kappa shape index (κ2) is 7.68. The van der Waals surface area contributed by atoms with E-state index in [1.165, 1.54) is 43.4 Å². The number of hydrogen-bond donors (Lipinski definition) is 2. The minimum Gasteiger partial charge on any atom is -0.376 e. The molecule has 0 aromatic heterocycles. The molecule has 0 unspecified atom stereocenters. The van der Waals surface area contributed by atoms with Crippen LogP contribution in [0.15, 0.2) is 35.9 Å². The van der Waals surface area contributed by atoms with E-state index in [0.717, 1.165) is 12.1 Å². The first-order valence-corrected chi connectivity index (χ1v) is 7.18. The van der Waals surface area contributed by atoms with Gasteiger partial charge in [0.1, 0.15) is 5.82 Å². The molecule has 0 atom stereocenters. The van der Waals surface area contributed by atoms with Gasteiger partial charge < -0.3 is 10.6 Å². The van der Waals surface area contributed by atoms with Crippen LogP contribution >= 0.6 is 0 Å². The van der Waals surface area contributed by atoms with Gasteiger partial charge in [0.2, 0.25) is 5.91 Å². The molecule has 2 N–H and O–H groups in total. The molecule has 0 bridgehead atoms. The van der Waals surface area contributed by atoms with Crippen LogP contribution in [0.5, 0.6) is 0 Å². The van der Waals surface area contributed by atoms with Crippen molar-refractivity contribution in [2.24, 2.45) is 0 Å². The summed E-state index contributed by atoms with van der Waals surface area (Å²) in [5, 5.41) is 5.86. The molecule has 0 aliphatic heterocycles. The highest BCUT2D eigenvalue weighted by Crippen LogP contribution is 2.19. The zero-order valence-electron chi connectivity index (χ0n) is 11.6. The third-order valence-electron chi connectivity index (χ3n) is 3.45. The summed E-state index contributed by atoms with van der Waals surface area (Å²) in [7, 11) is 0. The Kier molecular flexibility index (Phi) is 5.59. The lowest BCUT2D eigenvalue weighted by Crippen LogP contribution is -2.30. The van der Waals surface area contributed by atoms with Crippen molar-refractivity contribution < 1.29 is 9.18 Å². The van der Waals surface area contributed by atoms with E-state index in [4.69, 9.17) is 0 Å². The molecule has 108 valence electrons. The van der Waals surface area contributed by atoms with Gasteiger partial charge >= 0.3 is 0 Å². The fourth-order valence-corrected chi connectivity index (χ4v) is 2.31. The number of allylic oxidation sites excluding steroid dienone is 1. The molecule has 0 heterocycles. The van der Waals surface area contributed by atoms with Crippen LogP contribution in [0.25, 0.3) is 0 Å². The monoisotopic (exact) mass is 276 g/mol. The van der Waals surface area contributed by atoms with Crippen molar-refractivity contribution in [2.75, 3.05) is 18.4 Å². The van der Waals surface area contributed by atoms with Gasteiger partial charge in [-0.3, -0.25) is 4.79 Å². The van der Waals surface area contributed by atoms with Gasteiger partial charge in [0.15, 0.2) is 0 Å². The van der Waals surface area contributed by atoms with E-state index < -0.39 is 0 Å². The van der Waals surface area contributed by atoms with Crippen molar-refractivity contribution in [1.82, 2.24) is 5.32 Å². The van der Waals surface area contributed by atoms with E-state index in [9.17, 15) is 9.18 Å². The Morgan fingerprint density at radius 1 is 1.20 bits per heavy atom. The van der Waals surface area contributed by atoms with Crippen molar-refractivity contribution in [2.45, 2.75) is 32.1 Å². The fourth-order valence-electron chi connectivity index (χ4n) is 2.31. The molecule has 4 heteroatoms. The Morgan fingerprint density at radius 3 is 2.70 bits per heavy atom. The Hall–Kier alpha value is -1.84. The van der Waals surface area contributed by atoms with Crippen molar-refractivity contribution in [1.29, 1.82) is 0 Å². The molecule has 1 aromatic rings. The first kappa shape index (κ1) is 14.6. The Labute approximate surface area is 119 Å². The first-order chi connectivity index (χ1) is 9.74. The molecule has 0 saturated carbocycles. The van der Waals surface area contributed by atoms with Gasteiger partial charge in [-0.1, -0.05) is 11.6 Å². The van der Waals surface area contributed by atoms with Crippen LogP contribution in [0, 0.1) is 5.82 Å². The SMILES string of the molecule is O=C(CNc1ccc(F)cc1)NCCC1=CCCCC1. The maximum Gasteiger partial charge on any atom is 0.239 e. The van der Waals surface area contributed by atoms with Gasteiger partial charge in [-0.25, -0.2) is 4.39 Å². The molecule has 20 heavy (non-hydrogen) atoms. The number of rotatable bonds is 6. The smallest absolute Gasteiger partial charge is 0.239 e. The fraction of sp³-hybridized carbons (Fsp3) is 0.438. The Morgan fingerprint density at radius 2 is 2.00 bits per heavy atom. The third-order valence-corrected chi connectivity index (χ3v) is 3.45. The minimum absolute atomic E-state index is 0.0364. The summed E-state index contributed by atoms with van der Waals surface area (Å²) >= 11 is 0. The summed E-state index contributed by atoms with van der Waals surface area (Å²) < 4.78 is 12.7. The predicted octanol–water partition coefficient (Wildman–Crippen LogP) is 3.24. The van der Waals surface area contributed by atoms with Crippen LogP contribution in [0.1, 0.15) is 32.1 Å². The zero-order valence-corrected chi connectivity index (χ0v) is 11.6. The molecule has 1 aliphatic carbocycles. The maximum absolute atomic E-state index is 12.7. The molecule has 0 radical (unpaired) electrons. The maximum atomic E-state index is 12.7. The Bertz CT molecular complexity index is 468. The van der Waals surface area contributed by atoms with Gasteiger partial charge in [-0.2, -0.15) is 0 Å². The summed E-state index contributed by atoms with van der Waals surface area (Å²) in [6.07, 6.45) is 8.15. The van der Waals surface area contributed by atoms with Gasteiger partial charge in [-0.15, -0.1) is 0 Å². The van der Waals surface area contributed by atoms with E-state index in [1.54, 1.807) is 12.1 Å². The number of halogens is 1. The van der Waals surface area contributed by atoms with E-state index >= 15 is 0 Å². The van der Waals surface area contributed by atoms with E-state index in [-0.39, 0.29) is 18.3 Å². The molecular formula is C16H21FN2O. The molecule has 0 spiro atoms. The predicted molar refractivity (Wildman–Crippen MR) is 79.1 cm³/mol. The van der Waals surface area contributed by atoms with Crippen LogP contribution in [-0.2, 0) is 4.79 Å². The van der Waals surface area contributed by atoms with Crippen LogP contribution in [0.4, 0.5) is 10.1 Å². The molecule has 1 aliphatic rings. The summed E-state index contributed by atoms with van der Waals surface area (Å²) in [6, 6.07) is 5.98. The Balaban J connectivity index is 1.62. The van der Waals surface area contributed by atoms with Gasteiger partial charge in [0.25, 0.3) is 0 Å². The highest BCUT2D eigenvalue weighted by Gasteiger charge is 2.05. The summed E-state index contributed by atoms with van der Waals surface area (Å²) in [5.41, 5.74) is 2.21. The number of carbonyl (C=O) groups excluding carboxylic acids is 1. The number of anilines is 1. The zero-order chi connectivity index (χ0) is 14.2. The molecule has 3 nitrogen and oxygen atoms in total. The summed E-state index contributed by atoms with van der Waals surface area (Å²) in [4.78, 5) is 11.7. The average Bonchev–Trinajstić information content (AvgIpc) is 2.48. The van der Waals surface area contributed by atoms with E-state index in [0.29, 0.717) is 6.54 Å². The topological polar surface area (TPSA) is 41.1 Å². The number of benzene rings is 1. The van der Waals surface area contributed by atoms with Crippen LogP contribution in [0.3, 0.4) is 0 Å². The van der Waals surface area contributed by atoms with Gasteiger partial charge in [0, 0.05) is 12.2 Å². The third kappa shape index (κ3) is 5.03. The highest BCUT2D eigenvalue weighted by molar-refractivity contribution is 5.80. The van der Waals surface area contributed by atoms with Gasteiger partial charge in [0.05, 0.1) is 6.54 Å². The molecule has 1 amide bonds. The number of nitrogens with one attached hydrogen (secondary N) is 2. The van der Waals surface area contributed by atoms with Crippen molar-refractivity contribution >= 4 is 11.6 Å². The number of hydrogen-bond acceptors (Lipinski definition) is 2. The molecule has 1 aromatic carbocycles. The molecule has 2 rings (SSSR count). The standard InChI is InChI=1S/C16H21FN2O/c17-14-6-8-15(9-7-14)19-12-16(20)18-11-10-13-4-2-1-3-5-13/h4,6-9,19H,1-3,5,10-12H2,(H,18,20). The van der Waals surface area contributed by atoms with Gasteiger partial charge in [-0.05, 0) is 56.4 Å². The normalized spacial score (nSPS) is 14.6. The van der Waals surface area contributed by atoms with E-state index in [1.807, 2.05) is 0 Å². The van der Waals surface area contributed by atoms with E-state index in [2.05, 4.69) is 16.7 Å².